The predicted octanol–water partition coefficient (Wildman–Crippen LogP) is 4.54. The van der Waals surface area contributed by atoms with E-state index >= 15 is 0 Å². The van der Waals surface area contributed by atoms with Crippen LogP contribution in [0.3, 0.4) is 0 Å². The van der Waals surface area contributed by atoms with E-state index in [4.69, 9.17) is 20.8 Å². The van der Waals surface area contributed by atoms with Gasteiger partial charge in [-0.05, 0) is 42.8 Å². The van der Waals surface area contributed by atoms with Gasteiger partial charge in [0, 0.05) is 20.4 Å². The van der Waals surface area contributed by atoms with Crippen molar-refractivity contribution in [2.75, 3.05) is 18.1 Å². The van der Waals surface area contributed by atoms with Crippen molar-refractivity contribution < 1.29 is 35.5 Å². The first-order valence-corrected chi connectivity index (χ1v) is 12.6. The van der Waals surface area contributed by atoms with Crippen LogP contribution in [0.15, 0.2) is 62.8 Å². The number of carbonyl (C=O) groups excluding carboxylic acids is 1. The molecule has 2 heterocycles. The lowest BCUT2D eigenvalue weighted by molar-refractivity contribution is -0.138. The highest BCUT2D eigenvalue weighted by atomic mass is 35.5. The molecule has 0 aliphatic carbocycles. The van der Waals surface area contributed by atoms with Crippen LogP contribution in [-0.2, 0) is 28.0 Å². The summed E-state index contributed by atoms with van der Waals surface area (Å²) < 4.78 is 79.8. The maximum Gasteiger partial charge on any atom is 0.419 e. The Morgan fingerprint density at radius 2 is 1.92 bits per heavy atom. The molecular weight excluding hydrogens is 551 g/mol. The lowest BCUT2D eigenvalue weighted by Gasteiger charge is -2.25. The van der Waals surface area contributed by atoms with Gasteiger partial charge in [0.1, 0.15) is 12.4 Å². The number of methoxy groups -OCH3 is 1. The molecule has 4 rings (SSSR count). The zero-order valence-electron chi connectivity index (χ0n) is 20.0. The highest BCUT2D eigenvalue weighted by molar-refractivity contribution is 7.92. The molecule has 0 aliphatic rings. The van der Waals surface area contributed by atoms with Crippen LogP contribution in [0.4, 0.5) is 18.9 Å². The number of hydrogen-bond acceptors (Lipinski definition) is 7. The van der Waals surface area contributed by atoms with Gasteiger partial charge < -0.3 is 9.15 Å². The van der Waals surface area contributed by atoms with Crippen LogP contribution >= 0.6 is 11.6 Å². The summed E-state index contributed by atoms with van der Waals surface area (Å²) in [6.45, 7) is 0.511. The van der Waals surface area contributed by atoms with E-state index in [1.54, 1.807) is 6.07 Å². The van der Waals surface area contributed by atoms with Gasteiger partial charge in [-0.25, -0.2) is 22.5 Å². The van der Waals surface area contributed by atoms with Crippen LogP contribution in [0.5, 0.6) is 0 Å². The van der Waals surface area contributed by atoms with Crippen molar-refractivity contribution in [3.8, 4) is 0 Å². The Morgan fingerprint density at radius 1 is 1.21 bits per heavy atom. The number of carbonyl (C=O) groups is 1. The summed E-state index contributed by atoms with van der Waals surface area (Å²) in [5.41, 5.74) is -1.93. The summed E-state index contributed by atoms with van der Waals surface area (Å²) in [5, 5.41) is -0.0582. The average Bonchev–Trinajstić information content (AvgIpc) is 3.14. The molecule has 0 radical (unpaired) electrons. The number of aromatic nitrogens is 2. The monoisotopic (exact) mass is 569 g/mol. The van der Waals surface area contributed by atoms with Crippen LogP contribution in [0.25, 0.3) is 11.1 Å². The highest BCUT2D eigenvalue weighted by Crippen LogP contribution is 2.36. The number of ether oxygens (including phenoxy) is 1. The third-order valence-electron chi connectivity index (χ3n) is 5.73. The molecule has 200 valence electrons. The van der Waals surface area contributed by atoms with E-state index in [9.17, 15) is 31.2 Å². The minimum absolute atomic E-state index is 0.0535. The maximum absolute atomic E-state index is 13.6. The normalized spacial score (nSPS) is 12.2. The maximum atomic E-state index is 13.6. The van der Waals surface area contributed by atoms with Crippen LogP contribution in [0.1, 0.15) is 27.2 Å². The topological polar surface area (TPSA) is 112 Å². The van der Waals surface area contributed by atoms with E-state index < -0.39 is 50.6 Å². The molecule has 0 bridgehead atoms. The van der Waals surface area contributed by atoms with Crippen molar-refractivity contribution in [2.24, 2.45) is 7.05 Å². The number of aryl methyl sites for hydroxylation is 2. The zero-order chi connectivity index (χ0) is 28.0. The fraction of sp³-hybridized carbons (Fsp3) is 0.208. The quantitative estimate of drug-likeness (QED) is 0.237. The third kappa shape index (κ3) is 4.79. The minimum Gasteiger partial charge on any atom is -0.407 e. The first kappa shape index (κ1) is 27.4. The van der Waals surface area contributed by atoms with E-state index in [2.05, 4.69) is 4.98 Å². The van der Waals surface area contributed by atoms with Crippen molar-refractivity contribution >= 4 is 44.2 Å². The number of para-hydroxylation sites is 1. The van der Waals surface area contributed by atoms with E-state index in [1.807, 2.05) is 0 Å². The number of benzene rings is 2. The van der Waals surface area contributed by atoms with Crippen LogP contribution in [-0.4, -0.2) is 37.6 Å². The molecule has 0 aliphatic heterocycles. The van der Waals surface area contributed by atoms with Gasteiger partial charge >= 0.3 is 11.9 Å². The zero-order valence-corrected chi connectivity index (χ0v) is 21.6. The van der Waals surface area contributed by atoms with E-state index in [1.165, 1.54) is 30.7 Å². The van der Waals surface area contributed by atoms with E-state index in [-0.39, 0.29) is 27.4 Å². The summed E-state index contributed by atoms with van der Waals surface area (Å²) in [7, 11) is -2.13. The molecular formula is C24H19ClF3N3O6S. The second-order valence-corrected chi connectivity index (χ2v) is 10.5. The van der Waals surface area contributed by atoms with Gasteiger partial charge in [-0.1, -0.05) is 23.7 Å². The van der Waals surface area contributed by atoms with Crippen molar-refractivity contribution in [2.45, 2.75) is 18.0 Å². The third-order valence-corrected chi connectivity index (χ3v) is 7.67. The summed E-state index contributed by atoms with van der Waals surface area (Å²) in [6, 6.07) is 8.07. The van der Waals surface area contributed by atoms with Gasteiger partial charge in [0.15, 0.2) is 5.58 Å². The lowest BCUT2D eigenvalue weighted by atomic mass is 10.1. The SMILES string of the molecule is COCN(c1cc(Cl)cnc1C(=O)c1cccc2c1oc(=O)n2C)S(=O)(=O)c1ccc(C)c(C(F)(F)F)c1. The molecule has 0 amide bonds. The highest BCUT2D eigenvalue weighted by Gasteiger charge is 2.36. The van der Waals surface area contributed by atoms with Crippen LogP contribution in [0.2, 0.25) is 5.02 Å². The van der Waals surface area contributed by atoms with Crippen LogP contribution in [0, 0.1) is 6.92 Å². The number of hydrogen-bond donors (Lipinski definition) is 0. The fourth-order valence-corrected chi connectivity index (χ4v) is 5.39. The first-order chi connectivity index (χ1) is 17.8. The molecule has 0 atom stereocenters. The summed E-state index contributed by atoms with van der Waals surface area (Å²) in [6.07, 6.45) is -3.70. The van der Waals surface area contributed by atoms with Gasteiger partial charge in [0.25, 0.3) is 10.0 Å². The Hall–Kier alpha value is -3.68. The van der Waals surface area contributed by atoms with E-state index in [0.29, 0.717) is 15.9 Å². The number of pyridine rings is 1. The molecule has 14 heteroatoms. The molecule has 0 N–H and O–H groups in total. The molecule has 9 nitrogen and oxygen atoms in total. The minimum atomic E-state index is -4.81. The van der Waals surface area contributed by atoms with Crippen molar-refractivity contribution in [3.63, 3.8) is 0 Å². The number of oxazole rings is 1. The lowest BCUT2D eigenvalue weighted by Crippen LogP contribution is -2.34. The Balaban J connectivity index is 1.92. The van der Waals surface area contributed by atoms with E-state index in [0.717, 1.165) is 31.5 Å². The molecule has 0 spiro atoms. The number of ketones is 1. The van der Waals surface area contributed by atoms with Crippen molar-refractivity contribution in [3.05, 3.63) is 86.6 Å². The summed E-state index contributed by atoms with van der Waals surface area (Å²) in [5.74, 6) is -1.55. The molecule has 0 saturated carbocycles. The summed E-state index contributed by atoms with van der Waals surface area (Å²) >= 11 is 6.08. The van der Waals surface area contributed by atoms with Gasteiger partial charge in [-0.3, -0.25) is 9.36 Å². The molecule has 4 aromatic rings. The largest absolute Gasteiger partial charge is 0.419 e. The molecule has 0 saturated heterocycles. The predicted molar refractivity (Wildman–Crippen MR) is 132 cm³/mol. The van der Waals surface area contributed by atoms with Gasteiger partial charge in [0.05, 0.1) is 32.2 Å². The average molecular weight is 570 g/mol. The number of halogens is 4. The van der Waals surface area contributed by atoms with Crippen molar-refractivity contribution in [1.82, 2.24) is 9.55 Å². The molecule has 0 unspecified atom stereocenters. The van der Waals surface area contributed by atoms with Gasteiger partial charge in [-0.15, -0.1) is 0 Å². The van der Waals surface area contributed by atoms with Gasteiger partial charge in [0.2, 0.25) is 5.78 Å². The Kier molecular flexibility index (Phi) is 7.12. The molecule has 38 heavy (non-hydrogen) atoms. The Labute approximate surface area is 219 Å². The number of fused-ring (bicyclic) bond motifs is 1. The second-order valence-electron chi connectivity index (χ2n) is 8.18. The van der Waals surface area contributed by atoms with Crippen LogP contribution < -0.4 is 10.1 Å². The summed E-state index contributed by atoms with van der Waals surface area (Å²) in [4.78, 5) is 29.0. The standard InChI is InChI=1S/C24H19ClF3N3O6S/c1-13-7-8-15(10-17(13)24(26,27)28)38(34,35)31(12-36-3)19-9-14(25)11-29-20(19)21(32)16-5-4-6-18-22(16)37-23(33)30(18)2/h4-11H,12H2,1-3H3. The molecule has 0 fully saturated rings. The Bertz CT molecular complexity index is 1730. The number of nitrogens with zero attached hydrogens (tertiary/aromatic N) is 3. The Morgan fingerprint density at radius 3 is 2.58 bits per heavy atom. The smallest absolute Gasteiger partial charge is 0.407 e. The second kappa shape index (κ2) is 9.89. The number of anilines is 1. The van der Waals surface area contributed by atoms with Crippen molar-refractivity contribution in [1.29, 1.82) is 0 Å². The number of alkyl halides is 3. The molecule has 2 aromatic heterocycles. The number of sulfonamides is 1. The fourth-order valence-electron chi connectivity index (χ4n) is 3.83. The first-order valence-electron chi connectivity index (χ1n) is 10.8. The van der Waals surface area contributed by atoms with Gasteiger partial charge in [-0.2, -0.15) is 13.2 Å². The molecule has 2 aromatic carbocycles. The number of rotatable bonds is 7.